The molecule has 1 saturated heterocycles. The van der Waals surface area contributed by atoms with Crippen LogP contribution in [0.1, 0.15) is 48.4 Å². The molecule has 17 heavy (non-hydrogen) atoms. The smallest absolute Gasteiger partial charge is 0.313 e. The van der Waals surface area contributed by atoms with Crippen LogP contribution in [0, 0.1) is 16.7 Å². The average molecular weight is 243 g/mol. The van der Waals surface area contributed by atoms with Gasteiger partial charge < -0.3 is 10.1 Å². The normalized spacial score (nSPS) is 30.1. The number of methoxy groups -OCH3 is 1. The minimum Gasteiger partial charge on any atom is -0.469 e. The highest BCUT2D eigenvalue weighted by Gasteiger charge is 2.45. The number of hydrogen-bond donors (Lipinski definition) is 1. The summed E-state index contributed by atoms with van der Waals surface area (Å²) in [4.78, 5) is 12.1. The molecule has 0 aromatic carbocycles. The van der Waals surface area contributed by atoms with Gasteiger partial charge in [-0.1, -0.05) is 34.1 Å². The summed E-state index contributed by atoms with van der Waals surface area (Å²) in [7, 11) is 1.50. The van der Waals surface area contributed by atoms with Gasteiger partial charge in [0.1, 0.15) is 0 Å². The fraction of sp³-hybridized carbons (Fsp3) is 0.929. The van der Waals surface area contributed by atoms with Gasteiger partial charge in [-0.05, 0) is 30.7 Å². The molecule has 102 valence electrons. The van der Waals surface area contributed by atoms with Gasteiger partial charge in [-0.2, -0.15) is 0 Å². The third kappa shape index (κ3) is 3.21. The van der Waals surface area contributed by atoms with E-state index in [1.807, 2.05) is 0 Å². The fourth-order valence-corrected chi connectivity index (χ4v) is 2.86. The number of hydrogen-bond acceptors (Lipinski definition) is 3. The van der Waals surface area contributed by atoms with Crippen LogP contribution in [0.5, 0.6) is 0 Å². The van der Waals surface area contributed by atoms with Crippen molar-refractivity contribution in [3.05, 3.63) is 0 Å². The molecule has 1 aliphatic heterocycles. The highest BCUT2D eigenvalue weighted by atomic mass is 16.5. The highest BCUT2D eigenvalue weighted by Crippen LogP contribution is 2.41. The Labute approximate surface area is 107 Å². The molecule has 1 fully saturated rings. The molecule has 1 rings (SSSR count). The van der Waals surface area contributed by atoms with E-state index >= 15 is 0 Å². The second-order valence-corrected chi connectivity index (χ2v) is 6.42. The lowest BCUT2D eigenvalue weighted by atomic mass is 9.66. The van der Waals surface area contributed by atoms with Crippen LogP contribution < -0.4 is 5.32 Å². The zero-order valence-electron chi connectivity index (χ0n) is 11.9. The maximum Gasteiger partial charge on any atom is 0.313 e. The molecule has 3 heteroatoms. The Balaban J connectivity index is 0.00000289. The molecule has 0 bridgehead atoms. The summed E-state index contributed by atoms with van der Waals surface area (Å²) in [5.74, 6) is 0.489. The summed E-state index contributed by atoms with van der Waals surface area (Å²) >= 11 is 0. The van der Waals surface area contributed by atoms with Gasteiger partial charge in [-0.3, -0.25) is 4.79 Å². The first-order chi connectivity index (χ1) is 7.85. The van der Waals surface area contributed by atoms with Gasteiger partial charge in [-0.15, -0.1) is 0 Å². The Morgan fingerprint density at radius 1 is 1.53 bits per heavy atom. The van der Waals surface area contributed by atoms with Crippen LogP contribution in [0.15, 0.2) is 0 Å². The van der Waals surface area contributed by atoms with E-state index in [1.54, 1.807) is 0 Å². The van der Waals surface area contributed by atoms with E-state index in [2.05, 4.69) is 33.0 Å². The molecule has 2 atom stereocenters. The quantitative estimate of drug-likeness (QED) is 0.775. The number of nitrogens with one attached hydrogen (secondary N) is 1. The van der Waals surface area contributed by atoms with Crippen molar-refractivity contribution in [2.75, 3.05) is 20.2 Å². The lowest BCUT2D eigenvalue weighted by Gasteiger charge is -2.44. The maximum absolute atomic E-state index is 12.1. The van der Waals surface area contributed by atoms with E-state index in [-0.39, 0.29) is 18.2 Å². The van der Waals surface area contributed by atoms with Gasteiger partial charge in [0.2, 0.25) is 0 Å². The molecule has 0 amide bonds. The predicted molar refractivity (Wildman–Crippen MR) is 71.9 cm³/mol. The summed E-state index contributed by atoms with van der Waals surface area (Å²) in [6, 6.07) is 0. The summed E-state index contributed by atoms with van der Waals surface area (Å²) in [5.41, 5.74) is -0.0693. The summed E-state index contributed by atoms with van der Waals surface area (Å²) in [6.45, 7) is 10.6. The van der Waals surface area contributed by atoms with Crippen LogP contribution in [0.3, 0.4) is 0 Å². The Hall–Kier alpha value is -0.570. The standard InChI is InChI=1S/C14H27NO2.H2/c1-6-7-14(12(16)17-5)8-11(9-15-10-14)13(2,3)4;/h11,15H,6-10H2,1-5H3;1H/t11-,14-;/m1./s1. The number of esters is 1. The lowest BCUT2D eigenvalue weighted by Crippen LogP contribution is -2.52. The van der Waals surface area contributed by atoms with Crippen LogP contribution in [0.2, 0.25) is 0 Å². The van der Waals surface area contributed by atoms with Gasteiger partial charge >= 0.3 is 5.97 Å². The Bertz CT molecular complexity index is 271. The van der Waals surface area contributed by atoms with E-state index in [9.17, 15) is 4.79 Å². The first kappa shape index (κ1) is 14.5. The molecular weight excluding hydrogens is 214 g/mol. The summed E-state index contributed by atoms with van der Waals surface area (Å²) in [5, 5.41) is 3.43. The first-order valence-electron chi connectivity index (χ1n) is 6.65. The van der Waals surface area contributed by atoms with Crippen molar-refractivity contribution >= 4 is 5.97 Å². The molecule has 3 nitrogen and oxygen atoms in total. The van der Waals surface area contributed by atoms with Crippen LogP contribution >= 0.6 is 0 Å². The second kappa shape index (κ2) is 5.38. The van der Waals surface area contributed by atoms with E-state index < -0.39 is 0 Å². The van der Waals surface area contributed by atoms with E-state index in [4.69, 9.17) is 4.74 Å². The van der Waals surface area contributed by atoms with Gasteiger partial charge in [0.15, 0.2) is 0 Å². The van der Waals surface area contributed by atoms with E-state index in [0.717, 1.165) is 32.4 Å². The molecule has 0 aromatic heterocycles. The minimum absolute atomic E-state index is 0. The Morgan fingerprint density at radius 2 is 2.18 bits per heavy atom. The number of carbonyl (C=O) groups is 1. The minimum atomic E-state index is -0.306. The predicted octanol–water partition coefficient (Wildman–Crippen LogP) is 2.85. The van der Waals surface area contributed by atoms with Crippen molar-refractivity contribution in [2.24, 2.45) is 16.7 Å². The van der Waals surface area contributed by atoms with Crippen LogP contribution in [-0.2, 0) is 9.53 Å². The van der Waals surface area contributed by atoms with Gasteiger partial charge in [0.25, 0.3) is 0 Å². The third-order valence-electron chi connectivity index (χ3n) is 4.06. The number of piperidine rings is 1. The zero-order valence-corrected chi connectivity index (χ0v) is 11.9. The van der Waals surface area contributed by atoms with E-state index in [0.29, 0.717) is 5.92 Å². The molecule has 1 heterocycles. The Morgan fingerprint density at radius 3 is 2.65 bits per heavy atom. The van der Waals surface area contributed by atoms with Crippen molar-refractivity contribution in [1.82, 2.24) is 5.32 Å². The molecule has 0 unspecified atom stereocenters. The van der Waals surface area contributed by atoms with Crippen molar-refractivity contribution in [1.29, 1.82) is 0 Å². The first-order valence-corrected chi connectivity index (χ1v) is 6.65. The van der Waals surface area contributed by atoms with Crippen LogP contribution in [0.4, 0.5) is 0 Å². The summed E-state index contributed by atoms with van der Waals surface area (Å²) < 4.78 is 5.03. The van der Waals surface area contributed by atoms with Crippen molar-refractivity contribution < 1.29 is 11.0 Å². The third-order valence-corrected chi connectivity index (χ3v) is 4.06. The van der Waals surface area contributed by atoms with Crippen molar-refractivity contribution in [3.8, 4) is 0 Å². The van der Waals surface area contributed by atoms with Crippen molar-refractivity contribution in [3.63, 3.8) is 0 Å². The molecule has 0 aliphatic carbocycles. The largest absolute Gasteiger partial charge is 0.469 e. The SMILES string of the molecule is CCC[C@]1(C(=O)OC)CNC[C@H](C(C)(C)C)C1.[HH]. The van der Waals surface area contributed by atoms with Gasteiger partial charge in [0, 0.05) is 7.97 Å². The topological polar surface area (TPSA) is 38.3 Å². The Kier molecular flexibility index (Phi) is 4.59. The second-order valence-electron chi connectivity index (χ2n) is 6.42. The molecule has 0 spiro atoms. The number of carbonyl (C=O) groups excluding carboxylic acids is 1. The highest BCUT2D eigenvalue weighted by molar-refractivity contribution is 5.77. The molecule has 0 saturated carbocycles. The number of ether oxygens (including phenoxy) is 1. The van der Waals surface area contributed by atoms with Gasteiger partial charge in [-0.25, -0.2) is 0 Å². The monoisotopic (exact) mass is 243 g/mol. The molecule has 1 N–H and O–H groups in total. The molecule has 0 aromatic rings. The van der Waals surface area contributed by atoms with Crippen LogP contribution in [-0.4, -0.2) is 26.2 Å². The molecule has 0 radical (unpaired) electrons. The number of rotatable bonds is 3. The molecular formula is C14H29NO2. The molecule has 1 aliphatic rings. The lowest BCUT2D eigenvalue weighted by molar-refractivity contribution is -0.156. The van der Waals surface area contributed by atoms with E-state index in [1.165, 1.54) is 7.11 Å². The average Bonchev–Trinajstić information content (AvgIpc) is 2.27. The van der Waals surface area contributed by atoms with Crippen LogP contribution in [0.25, 0.3) is 0 Å². The fourth-order valence-electron chi connectivity index (χ4n) is 2.86. The van der Waals surface area contributed by atoms with Crippen molar-refractivity contribution in [2.45, 2.75) is 47.0 Å². The maximum atomic E-state index is 12.1. The zero-order chi connectivity index (χ0) is 13.1. The summed E-state index contributed by atoms with van der Waals surface area (Å²) in [6.07, 6.45) is 2.89. The van der Waals surface area contributed by atoms with Gasteiger partial charge in [0.05, 0.1) is 12.5 Å².